The largest absolute Gasteiger partial charge is 0.337 e. The zero-order valence-corrected chi connectivity index (χ0v) is 14.9. The molecule has 3 aliphatic rings. The van der Waals surface area contributed by atoms with E-state index in [1.807, 2.05) is 18.2 Å². The van der Waals surface area contributed by atoms with E-state index in [0.29, 0.717) is 13.1 Å². The van der Waals surface area contributed by atoms with Crippen molar-refractivity contribution in [1.29, 1.82) is 0 Å². The SMILES string of the molecule is CC1(C2CC2)NC(=O)N(CC(=O)N2CC=C(c3ccccc3)CC2)C1=O. The predicted octanol–water partition coefficient (Wildman–Crippen LogP) is 2.02. The number of nitrogens with zero attached hydrogens (tertiary/aromatic N) is 2. The summed E-state index contributed by atoms with van der Waals surface area (Å²) in [4.78, 5) is 40.2. The van der Waals surface area contributed by atoms with Gasteiger partial charge in [0.1, 0.15) is 12.1 Å². The van der Waals surface area contributed by atoms with Crippen molar-refractivity contribution in [2.24, 2.45) is 5.92 Å². The highest BCUT2D eigenvalue weighted by Gasteiger charge is 2.56. The topological polar surface area (TPSA) is 69.7 Å². The van der Waals surface area contributed by atoms with Crippen molar-refractivity contribution < 1.29 is 14.4 Å². The lowest BCUT2D eigenvalue weighted by Gasteiger charge is -2.28. The molecule has 4 amide bonds. The number of imide groups is 1. The molecule has 1 aliphatic carbocycles. The fraction of sp³-hybridized carbons (Fsp3) is 0.450. The first-order valence-corrected chi connectivity index (χ1v) is 9.15. The summed E-state index contributed by atoms with van der Waals surface area (Å²) in [5, 5.41) is 2.78. The summed E-state index contributed by atoms with van der Waals surface area (Å²) in [6, 6.07) is 9.67. The molecule has 26 heavy (non-hydrogen) atoms. The van der Waals surface area contributed by atoms with Gasteiger partial charge in [0.05, 0.1) is 0 Å². The summed E-state index contributed by atoms with van der Waals surface area (Å²) in [6.45, 7) is 2.70. The molecular weight excluding hydrogens is 330 g/mol. The Morgan fingerprint density at radius 1 is 1.23 bits per heavy atom. The van der Waals surface area contributed by atoms with Crippen LogP contribution in [0.1, 0.15) is 31.7 Å². The van der Waals surface area contributed by atoms with Gasteiger partial charge < -0.3 is 10.2 Å². The van der Waals surface area contributed by atoms with E-state index in [1.165, 1.54) is 11.1 Å². The van der Waals surface area contributed by atoms with Crippen LogP contribution in [0.25, 0.3) is 5.57 Å². The maximum atomic E-state index is 12.6. The number of nitrogens with one attached hydrogen (secondary N) is 1. The number of carbonyl (C=O) groups is 3. The molecule has 1 saturated heterocycles. The average Bonchev–Trinajstić information content (AvgIpc) is 3.49. The van der Waals surface area contributed by atoms with Crippen LogP contribution in [0.4, 0.5) is 4.79 Å². The molecular formula is C20H23N3O3. The summed E-state index contributed by atoms with van der Waals surface area (Å²) < 4.78 is 0. The van der Waals surface area contributed by atoms with Gasteiger partial charge in [-0.05, 0) is 43.2 Å². The molecule has 0 radical (unpaired) electrons. The summed E-state index contributed by atoms with van der Waals surface area (Å²) >= 11 is 0. The summed E-state index contributed by atoms with van der Waals surface area (Å²) in [5.41, 5.74) is 1.57. The van der Waals surface area contributed by atoms with Gasteiger partial charge in [-0.1, -0.05) is 36.4 Å². The maximum absolute atomic E-state index is 12.6. The molecule has 0 spiro atoms. The van der Waals surface area contributed by atoms with Gasteiger partial charge in [-0.25, -0.2) is 4.79 Å². The standard InChI is InChI=1S/C20H23N3O3/c1-20(16-7-8-16)18(25)23(19(26)21-20)13-17(24)22-11-9-15(10-12-22)14-5-3-2-4-6-14/h2-6,9,16H,7-8,10-13H2,1H3,(H,21,26). The van der Waals surface area contributed by atoms with E-state index in [2.05, 4.69) is 23.5 Å². The van der Waals surface area contributed by atoms with E-state index in [1.54, 1.807) is 11.8 Å². The Kier molecular flexibility index (Phi) is 4.05. The number of benzene rings is 1. The van der Waals surface area contributed by atoms with Gasteiger partial charge in [0.2, 0.25) is 5.91 Å². The number of hydrogen-bond acceptors (Lipinski definition) is 3. The number of rotatable bonds is 4. The molecule has 6 heteroatoms. The Labute approximate surface area is 152 Å². The number of urea groups is 1. The molecule has 2 aliphatic heterocycles. The first kappa shape index (κ1) is 16.8. The Bertz CT molecular complexity index is 785. The molecule has 1 unspecified atom stereocenters. The van der Waals surface area contributed by atoms with Gasteiger partial charge in [-0.15, -0.1) is 0 Å². The van der Waals surface area contributed by atoms with Crippen molar-refractivity contribution in [2.45, 2.75) is 31.7 Å². The smallest absolute Gasteiger partial charge is 0.325 e. The van der Waals surface area contributed by atoms with E-state index < -0.39 is 11.6 Å². The fourth-order valence-corrected chi connectivity index (χ4v) is 3.84. The normalized spacial score (nSPS) is 26.0. The minimum absolute atomic E-state index is 0.179. The van der Waals surface area contributed by atoms with Crippen LogP contribution in [0, 0.1) is 5.92 Å². The summed E-state index contributed by atoms with van der Waals surface area (Å²) in [6.07, 6.45) is 4.72. The number of hydrogen-bond donors (Lipinski definition) is 1. The van der Waals surface area contributed by atoms with E-state index in [4.69, 9.17) is 0 Å². The predicted molar refractivity (Wildman–Crippen MR) is 97.0 cm³/mol. The average molecular weight is 353 g/mol. The van der Waals surface area contributed by atoms with Crippen LogP contribution in [0.2, 0.25) is 0 Å². The summed E-state index contributed by atoms with van der Waals surface area (Å²) in [5.74, 6) is -0.252. The Morgan fingerprint density at radius 2 is 1.96 bits per heavy atom. The van der Waals surface area contributed by atoms with Crippen LogP contribution in [0.3, 0.4) is 0 Å². The van der Waals surface area contributed by atoms with Crippen LogP contribution in [0.15, 0.2) is 36.4 Å². The lowest BCUT2D eigenvalue weighted by atomic mass is 9.96. The van der Waals surface area contributed by atoms with Gasteiger partial charge in [0.25, 0.3) is 5.91 Å². The molecule has 2 heterocycles. The van der Waals surface area contributed by atoms with Crippen LogP contribution in [-0.2, 0) is 9.59 Å². The second kappa shape index (κ2) is 6.27. The fourth-order valence-electron chi connectivity index (χ4n) is 3.84. The van der Waals surface area contributed by atoms with Crippen LogP contribution >= 0.6 is 0 Å². The third kappa shape index (κ3) is 2.89. The molecule has 0 bridgehead atoms. The van der Waals surface area contributed by atoms with Gasteiger partial charge in [-0.3, -0.25) is 14.5 Å². The second-order valence-electron chi connectivity index (χ2n) is 7.48. The molecule has 4 rings (SSSR count). The molecule has 1 N–H and O–H groups in total. The first-order valence-electron chi connectivity index (χ1n) is 9.15. The molecule has 2 fully saturated rings. The molecule has 1 aromatic rings. The molecule has 1 atom stereocenters. The third-order valence-corrected chi connectivity index (χ3v) is 5.69. The highest BCUT2D eigenvalue weighted by molar-refractivity contribution is 6.09. The van der Waals surface area contributed by atoms with Crippen LogP contribution < -0.4 is 5.32 Å². The minimum atomic E-state index is -0.834. The Morgan fingerprint density at radius 3 is 2.58 bits per heavy atom. The monoisotopic (exact) mass is 353 g/mol. The van der Waals surface area contributed by atoms with Crippen molar-refractivity contribution in [3.63, 3.8) is 0 Å². The van der Waals surface area contributed by atoms with Crippen molar-refractivity contribution in [2.75, 3.05) is 19.6 Å². The quantitative estimate of drug-likeness (QED) is 0.842. The van der Waals surface area contributed by atoms with E-state index in [0.717, 1.165) is 24.2 Å². The van der Waals surface area contributed by atoms with Crippen LogP contribution in [-0.4, -0.2) is 52.8 Å². The minimum Gasteiger partial charge on any atom is -0.337 e. The number of amides is 4. The van der Waals surface area contributed by atoms with Gasteiger partial charge in [-0.2, -0.15) is 0 Å². The van der Waals surface area contributed by atoms with E-state index >= 15 is 0 Å². The molecule has 6 nitrogen and oxygen atoms in total. The maximum Gasteiger partial charge on any atom is 0.325 e. The lowest BCUT2D eigenvalue weighted by molar-refractivity contribution is -0.138. The molecule has 1 aromatic carbocycles. The highest BCUT2D eigenvalue weighted by atomic mass is 16.2. The van der Waals surface area contributed by atoms with Crippen molar-refractivity contribution in [3.8, 4) is 0 Å². The highest BCUT2D eigenvalue weighted by Crippen LogP contribution is 2.42. The van der Waals surface area contributed by atoms with Crippen LogP contribution in [0.5, 0.6) is 0 Å². The zero-order valence-electron chi connectivity index (χ0n) is 14.9. The van der Waals surface area contributed by atoms with Crippen molar-refractivity contribution in [1.82, 2.24) is 15.1 Å². The molecule has 1 saturated carbocycles. The van der Waals surface area contributed by atoms with Crippen molar-refractivity contribution in [3.05, 3.63) is 42.0 Å². The Balaban J connectivity index is 1.39. The summed E-state index contributed by atoms with van der Waals surface area (Å²) in [7, 11) is 0. The number of carbonyl (C=O) groups excluding carboxylic acids is 3. The van der Waals surface area contributed by atoms with Gasteiger partial charge in [0, 0.05) is 13.1 Å². The third-order valence-electron chi connectivity index (χ3n) is 5.69. The lowest BCUT2D eigenvalue weighted by Crippen LogP contribution is -2.47. The van der Waals surface area contributed by atoms with Gasteiger partial charge >= 0.3 is 6.03 Å². The second-order valence-corrected chi connectivity index (χ2v) is 7.48. The Hall–Kier alpha value is -2.63. The van der Waals surface area contributed by atoms with Gasteiger partial charge in [0.15, 0.2) is 0 Å². The zero-order chi connectivity index (χ0) is 18.3. The molecule has 136 valence electrons. The van der Waals surface area contributed by atoms with E-state index in [9.17, 15) is 14.4 Å². The molecule has 0 aromatic heterocycles. The van der Waals surface area contributed by atoms with E-state index in [-0.39, 0.29) is 24.3 Å². The van der Waals surface area contributed by atoms with Crippen molar-refractivity contribution >= 4 is 23.4 Å². The first-order chi connectivity index (χ1) is 12.5.